The maximum atomic E-state index is 11.8. The fraction of sp³-hybridized carbons (Fsp3) is 0.500. The molecular weight excluding hydrogens is 233 g/mol. The number of aliphatic hydroxyl groups is 1. The van der Waals surface area contributed by atoms with E-state index in [1.807, 2.05) is 13.0 Å². The van der Waals surface area contributed by atoms with Crippen molar-refractivity contribution in [2.75, 3.05) is 13.2 Å². The van der Waals surface area contributed by atoms with Crippen molar-refractivity contribution in [3.05, 3.63) is 35.4 Å². The first kappa shape index (κ1) is 14.0. The molecule has 0 heterocycles. The third-order valence-corrected chi connectivity index (χ3v) is 2.23. The number of halogens is 3. The molecular formula is C12H15F3O2. The van der Waals surface area contributed by atoms with Crippen molar-refractivity contribution in [3.63, 3.8) is 0 Å². The molecule has 1 aromatic rings. The van der Waals surface area contributed by atoms with Crippen LogP contribution in [0.1, 0.15) is 23.7 Å². The lowest BCUT2D eigenvalue weighted by Gasteiger charge is -2.12. The molecule has 5 heteroatoms. The van der Waals surface area contributed by atoms with Gasteiger partial charge >= 0.3 is 6.18 Å². The van der Waals surface area contributed by atoms with Gasteiger partial charge in [0.15, 0.2) is 0 Å². The summed E-state index contributed by atoms with van der Waals surface area (Å²) in [6.07, 6.45) is -4.95. The van der Waals surface area contributed by atoms with Gasteiger partial charge in [-0.2, -0.15) is 13.2 Å². The number of hydrogen-bond acceptors (Lipinski definition) is 2. The summed E-state index contributed by atoms with van der Waals surface area (Å²) in [5, 5.41) is 9.71. The topological polar surface area (TPSA) is 29.5 Å². The normalized spacial score (nSPS) is 13.7. The monoisotopic (exact) mass is 248 g/mol. The average Bonchev–Trinajstić information content (AvgIpc) is 2.23. The zero-order valence-electron chi connectivity index (χ0n) is 9.50. The summed E-state index contributed by atoms with van der Waals surface area (Å²) < 4.78 is 39.7. The molecule has 17 heavy (non-hydrogen) atoms. The number of benzene rings is 1. The molecule has 0 radical (unpaired) electrons. The predicted molar refractivity (Wildman–Crippen MR) is 57.6 cm³/mol. The van der Waals surface area contributed by atoms with E-state index in [1.54, 1.807) is 18.2 Å². The van der Waals surface area contributed by atoms with Crippen LogP contribution in [0.25, 0.3) is 0 Å². The van der Waals surface area contributed by atoms with Gasteiger partial charge in [0.05, 0.1) is 6.10 Å². The van der Waals surface area contributed by atoms with Crippen LogP contribution in [0.5, 0.6) is 0 Å². The standard InChI is InChI=1S/C12H15F3O2/c1-9-3-2-4-10(7-9)11(16)5-6-17-8-12(13,14)15/h2-4,7,11,16H,5-6,8H2,1H3. The van der Waals surface area contributed by atoms with Crippen LogP contribution in [0.15, 0.2) is 24.3 Å². The lowest BCUT2D eigenvalue weighted by atomic mass is 10.0. The van der Waals surface area contributed by atoms with Crippen LogP contribution in [0, 0.1) is 6.92 Å². The number of ether oxygens (including phenoxy) is 1. The third-order valence-electron chi connectivity index (χ3n) is 2.23. The van der Waals surface area contributed by atoms with E-state index in [4.69, 9.17) is 0 Å². The van der Waals surface area contributed by atoms with Gasteiger partial charge in [-0.3, -0.25) is 0 Å². The van der Waals surface area contributed by atoms with Crippen molar-refractivity contribution in [1.82, 2.24) is 0 Å². The van der Waals surface area contributed by atoms with Crippen LogP contribution in [0.4, 0.5) is 13.2 Å². The van der Waals surface area contributed by atoms with E-state index in [9.17, 15) is 18.3 Å². The fourth-order valence-corrected chi connectivity index (χ4v) is 1.43. The first-order valence-electron chi connectivity index (χ1n) is 5.27. The van der Waals surface area contributed by atoms with E-state index in [0.717, 1.165) is 5.56 Å². The highest BCUT2D eigenvalue weighted by Crippen LogP contribution is 2.19. The summed E-state index contributed by atoms with van der Waals surface area (Å²) in [4.78, 5) is 0. The Bertz CT molecular complexity index is 350. The molecule has 0 aliphatic heterocycles. The van der Waals surface area contributed by atoms with Gasteiger partial charge in [0.1, 0.15) is 6.61 Å². The van der Waals surface area contributed by atoms with Crippen LogP contribution in [-0.2, 0) is 4.74 Å². The predicted octanol–water partition coefficient (Wildman–Crippen LogP) is 3.00. The minimum atomic E-state index is -4.31. The third kappa shape index (κ3) is 5.70. The van der Waals surface area contributed by atoms with Gasteiger partial charge in [-0.1, -0.05) is 29.8 Å². The van der Waals surface area contributed by atoms with Gasteiger partial charge < -0.3 is 9.84 Å². The largest absolute Gasteiger partial charge is 0.411 e. The van der Waals surface area contributed by atoms with Crippen molar-refractivity contribution in [2.24, 2.45) is 0 Å². The second-order valence-electron chi connectivity index (χ2n) is 3.89. The van der Waals surface area contributed by atoms with E-state index >= 15 is 0 Å². The molecule has 1 atom stereocenters. The maximum Gasteiger partial charge on any atom is 0.411 e. The van der Waals surface area contributed by atoms with Gasteiger partial charge in [-0.25, -0.2) is 0 Å². The number of rotatable bonds is 5. The number of hydrogen-bond donors (Lipinski definition) is 1. The molecule has 1 unspecified atom stereocenters. The summed E-state index contributed by atoms with van der Waals surface area (Å²) in [6, 6.07) is 7.22. The van der Waals surface area contributed by atoms with Crippen molar-refractivity contribution >= 4 is 0 Å². The first-order chi connectivity index (χ1) is 7.88. The highest BCUT2D eigenvalue weighted by Gasteiger charge is 2.27. The molecule has 0 fully saturated rings. The summed E-state index contributed by atoms with van der Waals surface area (Å²) >= 11 is 0. The van der Waals surface area contributed by atoms with Gasteiger partial charge in [-0.05, 0) is 12.5 Å². The molecule has 0 saturated heterocycles. The highest BCUT2D eigenvalue weighted by molar-refractivity contribution is 5.23. The smallest absolute Gasteiger partial charge is 0.388 e. The molecule has 0 saturated carbocycles. The van der Waals surface area contributed by atoms with Gasteiger partial charge in [-0.15, -0.1) is 0 Å². The molecule has 1 rings (SSSR count). The average molecular weight is 248 g/mol. The Labute approximate surface area is 98.0 Å². The number of alkyl halides is 3. The van der Waals surface area contributed by atoms with Crippen molar-refractivity contribution in [2.45, 2.75) is 25.6 Å². The molecule has 1 N–H and O–H groups in total. The molecule has 0 amide bonds. The second kappa shape index (κ2) is 6.02. The zero-order valence-corrected chi connectivity index (χ0v) is 9.50. The Morgan fingerprint density at radius 2 is 2.06 bits per heavy atom. The van der Waals surface area contributed by atoms with Crippen LogP contribution >= 0.6 is 0 Å². The van der Waals surface area contributed by atoms with Crippen LogP contribution < -0.4 is 0 Å². The maximum absolute atomic E-state index is 11.8. The van der Waals surface area contributed by atoms with Crippen molar-refractivity contribution in [1.29, 1.82) is 0 Å². The number of aliphatic hydroxyl groups excluding tert-OH is 1. The van der Waals surface area contributed by atoms with E-state index in [1.165, 1.54) is 0 Å². The Hall–Kier alpha value is -1.07. The molecule has 96 valence electrons. The van der Waals surface area contributed by atoms with Crippen molar-refractivity contribution in [3.8, 4) is 0 Å². The van der Waals surface area contributed by atoms with Gasteiger partial charge in [0, 0.05) is 13.0 Å². The highest BCUT2D eigenvalue weighted by atomic mass is 19.4. The van der Waals surface area contributed by atoms with Crippen LogP contribution in [-0.4, -0.2) is 24.5 Å². The van der Waals surface area contributed by atoms with E-state index in [0.29, 0.717) is 5.56 Å². The Balaban J connectivity index is 2.33. The van der Waals surface area contributed by atoms with Crippen LogP contribution in [0.2, 0.25) is 0 Å². The minimum Gasteiger partial charge on any atom is -0.388 e. The molecule has 0 aromatic heterocycles. The lowest BCUT2D eigenvalue weighted by Crippen LogP contribution is -2.18. The molecule has 0 bridgehead atoms. The Morgan fingerprint density at radius 1 is 1.35 bits per heavy atom. The van der Waals surface area contributed by atoms with Gasteiger partial charge in [0.25, 0.3) is 0 Å². The van der Waals surface area contributed by atoms with E-state index in [2.05, 4.69) is 4.74 Å². The molecule has 0 aliphatic carbocycles. The van der Waals surface area contributed by atoms with Gasteiger partial charge in [0.2, 0.25) is 0 Å². The lowest BCUT2D eigenvalue weighted by molar-refractivity contribution is -0.175. The first-order valence-corrected chi connectivity index (χ1v) is 5.27. The Kier molecular flexibility index (Phi) is 4.96. The Morgan fingerprint density at radius 3 is 2.65 bits per heavy atom. The SMILES string of the molecule is Cc1cccc(C(O)CCOCC(F)(F)F)c1. The summed E-state index contributed by atoms with van der Waals surface area (Å²) in [6.45, 7) is 0.499. The minimum absolute atomic E-state index is 0.116. The zero-order chi connectivity index (χ0) is 12.9. The molecule has 2 nitrogen and oxygen atoms in total. The number of aryl methyl sites for hydroxylation is 1. The molecule has 0 spiro atoms. The van der Waals surface area contributed by atoms with Crippen molar-refractivity contribution < 1.29 is 23.0 Å². The second-order valence-corrected chi connectivity index (χ2v) is 3.89. The summed E-state index contributed by atoms with van der Waals surface area (Å²) in [5.41, 5.74) is 1.69. The summed E-state index contributed by atoms with van der Waals surface area (Å²) in [5.74, 6) is 0. The van der Waals surface area contributed by atoms with E-state index in [-0.39, 0.29) is 13.0 Å². The quantitative estimate of drug-likeness (QED) is 0.812. The van der Waals surface area contributed by atoms with E-state index < -0.39 is 18.9 Å². The summed E-state index contributed by atoms with van der Waals surface area (Å²) in [7, 11) is 0. The van der Waals surface area contributed by atoms with Crippen LogP contribution in [0.3, 0.4) is 0 Å². The molecule has 1 aromatic carbocycles. The fourth-order valence-electron chi connectivity index (χ4n) is 1.43. The molecule has 0 aliphatic rings.